The largest absolute Gasteiger partial charge is 0.361 e. The molecule has 32 heavy (non-hydrogen) atoms. The third-order valence-electron chi connectivity index (χ3n) is 6.01. The van der Waals surface area contributed by atoms with Gasteiger partial charge in [-0.2, -0.15) is 0 Å². The molecule has 0 spiro atoms. The molecular formula is C25H28N4O3. The van der Waals surface area contributed by atoms with E-state index in [4.69, 9.17) is 4.52 Å². The van der Waals surface area contributed by atoms with Gasteiger partial charge in [0.25, 0.3) is 5.91 Å². The molecule has 1 aromatic carbocycles. The van der Waals surface area contributed by atoms with Crippen LogP contribution in [0.2, 0.25) is 0 Å². The molecule has 3 heterocycles. The number of pyridine rings is 1. The summed E-state index contributed by atoms with van der Waals surface area (Å²) in [6, 6.07) is 13.5. The standard InChI is InChI=1S/C25H28N4O3/c1-3-27-24(31)25(11-5-13-29(17-25)23(30)20-6-4-12-26-16-20)15-21-14-22(28-32-21)19-9-7-18(2)8-10-19/h4,6-10,12,14,16H,3,5,11,13,15,17H2,1-2H3,(H,27,31)/t25-/m0/s1. The summed E-state index contributed by atoms with van der Waals surface area (Å²) in [6.45, 7) is 5.40. The summed E-state index contributed by atoms with van der Waals surface area (Å²) in [5.41, 5.74) is 2.64. The molecule has 1 aliphatic heterocycles. The molecule has 166 valence electrons. The number of rotatable bonds is 6. The second-order valence-electron chi connectivity index (χ2n) is 8.43. The third-order valence-corrected chi connectivity index (χ3v) is 6.01. The summed E-state index contributed by atoms with van der Waals surface area (Å²) < 4.78 is 5.64. The number of hydrogen-bond donors (Lipinski definition) is 1. The SMILES string of the molecule is CCNC(=O)[C@]1(Cc2cc(-c3ccc(C)cc3)no2)CCCN(C(=O)c2cccnc2)C1. The third kappa shape index (κ3) is 4.56. The summed E-state index contributed by atoms with van der Waals surface area (Å²) in [7, 11) is 0. The molecule has 1 atom stereocenters. The van der Waals surface area contributed by atoms with E-state index < -0.39 is 5.41 Å². The lowest BCUT2D eigenvalue weighted by molar-refractivity contribution is -0.133. The Balaban J connectivity index is 1.59. The van der Waals surface area contributed by atoms with Gasteiger partial charge in [0, 0.05) is 50.1 Å². The zero-order valence-corrected chi connectivity index (χ0v) is 18.5. The Bertz CT molecular complexity index is 1080. The zero-order chi connectivity index (χ0) is 22.6. The molecule has 1 fully saturated rings. The molecule has 0 radical (unpaired) electrons. The van der Waals surface area contributed by atoms with Gasteiger partial charge in [0.15, 0.2) is 0 Å². The molecule has 0 unspecified atom stereocenters. The van der Waals surface area contributed by atoms with Crippen molar-refractivity contribution in [3.63, 3.8) is 0 Å². The first-order valence-corrected chi connectivity index (χ1v) is 11.0. The minimum Gasteiger partial charge on any atom is -0.361 e. The van der Waals surface area contributed by atoms with E-state index in [0.29, 0.717) is 43.8 Å². The van der Waals surface area contributed by atoms with Crippen molar-refractivity contribution in [2.45, 2.75) is 33.1 Å². The Morgan fingerprint density at radius 3 is 2.75 bits per heavy atom. The van der Waals surface area contributed by atoms with E-state index in [1.165, 1.54) is 5.56 Å². The molecule has 1 aliphatic rings. The minimum atomic E-state index is -0.768. The van der Waals surface area contributed by atoms with Gasteiger partial charge in [-0.05, 0) is 38.8 Å². The van der Waals surface area contributed by atoms with Crippen LogP contribution >= 0.6 is 0 Å². The average Bonchev–Trinajstić information content (AvgIpc) is 3.28. The number of likely N-dealkylation sites (tertiary alicyclic amines) is 1. The molecule has 7 heteroatoms. The molecule has 4 rings (SSSR count). The lowest BCUT2D eigenvalue weighted by atomic mass is 9.75. The van der Waals surface area contributed by atoms with Crippen molar-refractivity contribution < 1.29 is 14.1 Å². The molecular weight excluding hydrogens is 404 g/mol. The number of nitrogens with one attached hydrogen (secondary N) is 1. The summed E-state index contributed by atoms with van der Waals surface area (Å²) >= 11 is 0. The predicted octanol–water partition coefficient (Wildman–Crippen LogP) is 3.65. The van der Waals surface area contributed by atoms with Crippen LogP contribution in [0.1, 0.15) is 41.4 Å². The monoisotopic (exact) mass is 432 g/mol. The van der Waals surface area contributed by atoms with Gasteiger partial charge in [0.05, 0.1) is 11.0 Å². The fourth-order valence-electron chi connectivity index (χ4n) is 4.33. The second-order valence-corrected chi connectivity index (χ2v) is 8.43. The van der Waals surface area contributed by atoms with Crippen LogP contribution in [0, 0.1) is 12.3 Å². The summed E-state index contributed by atoms with van der Waals surface area (Å²) in [5, 5.41) is 7.19. The highest BCUT2D eigenvalue weighted by Gasteiger charge is 2.44. The number of nitrogens with zero attached hydrogens (tertiary/aromatic N) is 3. The molecule has 0 aliphatic carbocycles. The van der Waals surface area contributed by atoms with Gasteiger partial charge in [-0.1, -0.05) is 35.0 Å². The maximum Gasteiger partial charge on any atom is 0.255 e. The van der Waals surface area contributed by atoms with Gasteiger partial charge >= 0.3 is 0 Å². The average molecular weight is 433 g/mol. The van der Waals surface area contributed by atoms with E-state index >= 15 is 0 Å². The van der Waals surface area contributed by atoms with Crippen molar-refractivity contribution in [3.05, 3.63) is 71.7 Å². The number of aryl methyl sites for hydroxylation is 1. The Hall–Kier alpha value is -3.48. The summed E-state index contributed by atoms with van der Waals surface area (Å²) in [6.07, 6.45) is 5.00. The van der Waals surface area contributed by atoms with Crippen LogP contribution < -0.4 is 5.32 Å². The van der Waals surface area contributed by atoms with Crippen LogP contribution in [0.25, 0.3) is 11.3 Å². The molecule has 3 aromatic rings. The fraction of sp³-hybridized carbons (Fsp3) is 0.360. The Labute approximate surface area is 187 Å². The van der Waals surface area contributed by atoms with E-state index in [1.54, 1.807) is 29.4 Å². The Kier molecular flexibility index (Phi) is 6.35. The Morgan fingerprint density at radius 2 is 2.03 bits per heavy atom. The van der Waals surface area contributed by atoms with E-state index in [2.05, 4.69) is 15.5 Å². The number of benzene rings is 1. The van der Waals surface area contributed by atoms with Crippen LogP contribution in [0.3, 0.4) is 0 Å². The van der Waals surface area contributed by atoms with Crippen LogP contribution in [0.4, 0.5) is 0 Å². The number of aromatic nitrogens is 2. The smallest absolute Gasteiger partial charge is 0.255 e. The van der Waals surface area contributed by atoms with Gasteiger partial charge in [-0.15, -0.1) is 0 Å². The first-order valence-electron chi connectivity index (χ1n) is 11.0. The van der Waals surface area contributed by atoms with Crippen molar-refractivity contribution in [1.29, 1.82) is 0 Å². The maximum absolute atomic E-state index is 13.2. The van der Waals surface area contributed by atoms with E-state index in [9.17, 15) is 9.59 Å². The molecule has 2 amide bonds. The van der Waals surface area contributed by atoms with Crippen LogP contribution in [0.5, 0.6) is 0 Å². The molecule has 0 bridgehead atoms. The molecule has 0 saturated carbocycles. The van der Waals surface area contributed by atoms with Crippen molar-refractivity contribution in [2.75, 3.05) is 19.6 Å². The van der Waals surface area contributed by atoms with Crippen LogP contribution in [-0.2, 0) is 11.2 Å². The molecule has 1 N–H and O–H groups in total. The number of carbonyl (C=O) groups excluding carboxylic acids is 2. The number of piperidine rings is 1. The van der Waals surface area contributed by atoms with E-state index in [-0.39, 0.29) is 11.8 Å². The van der Waals surface area contributed by atoms with Crippen molar-refractivity contribution in [2.24, 2.45) is 5.41 Å². The predicted molar refractivity (Wildman–Crippen MR) is 121 cm³/mol. The topological polar surface area (TPSA) is 88.3 Å². The number of amides is 2. The second kappa shape index (κ2) is 9.34. The van der Waals surface area contributed by atoms with E-state index in [1.807, 2.05) is 44.2 Å². The number of hydrogen-bond acceptors (Lipinski definition) is 5. The minimum absolute atomic E-state index is 0.0584. The highest BCUT2D eigenvalue weighted by atomic mass is 16.5. The maximum atomic E-state index is 13.2. The van der Waals surface area contributed by atoms with Gasteiger partial charge < -0.3 is 14.7 Å². The molecule has 7 nitrogen and oxygen atoms in total. The lowest BCUT2D eigenvalue weighted by Crippen LogP contribution is -2.54. The number of carbonyl (C=O) groups is 2. The lowest BCUT2D eigenvalue weighted by Gasteiger charge is -2.41. The van der Waals surface area contributed by atoms with Gasteiger partial charge in [-0.3, -0.25) is 14.6 Å². The van der Waals surface area contributed by atoms with Crippen LogP contribution in [0.15, 0.2) is 59.4 Å². The van der Waals surface area contributed by atoms with Gasteiger partial charge in [0.2, 0.25) is 5.91 Å². The zero-order valence-electron chi connectivity index (χ0n) is 18.5. The van der Waals surface area contributed by atoms with Gasteiger partial charge in [0.1, 0.15) is 11.5 Å². The highest BCUT2D eigenvalue weighted by molar-refractivity contribution is 5.94. The van der Waals surface area contributed by atoms with Crippen LogP contribution in [-0.4, -0.2) is 46.5 Å². The highest BCUT2D eigenvalue weighted by Crippen LogP contribution is 2.36. The summed E-state index contributed by atoms with van der Waals surface area (Å²) in [4.78, 5) is 32.1. The first kappa shape index (κ1) is 21.7. The van der Waals surface area contributed by atoms with Gasteiger partial charge in [-0.25, -0.2) is 0 Å². The quantitative estimate of drug-likeness (QED) is 0.642. The molecule has 2 aromatic heterocycles. The van der Waals surface area contributed by atoms with Crippen molar-refractivity contribution >= 4 is 11.8 Å². The normalized spacial score (nSPS) is 18.4. The van der Waals surface area contributed by atoms with Crippen molar-refractivity contribution in [1.82, 2.24) is 20.4 Å². The fourth-order valence-corrected chi connectivity index (χ4v) is 4.33. The molecule has 1 saturated heterocycles. The van der Waals surface area contributed by atoms with E-state index in [0.717, 1.165) is 17.7 Å². The first-order chi connectivity index (χ1) is 15.5. The Morgan fingerprint density at radius 1 is 1.22 bits per heavy atom. The summed E-state index contributed by atoms with van der Waals surface area (Å²) in [5.74, 6) is 0.476. The van der Waals surface area contributed by atoms with Crippen molar-refractivity contribution in [3.8, 4) is 11.3 Å².